The highest BCUT2D eigenvalue weighted by Gasteiger charge is 2.13. The largest absolute Gasteiger partial charge is 0.338 e. The lowest BCUT2D eigenvalue weighted by atomic mass is 10.1. The zero-order chi connectivity index (χ0) is 24.6. The summed E-state index contributed by atoms with van der Waals surface area (Å²) in [7, 11) is 5.84. The third-order valence-corrected chi connectivity index (χ3v) is 6.32. The Bertz CT molecular complexity index is 454. The fourth-order valence-electron chi connectivity index (χ4n) is 4.11. The van der Waals surface area contributed by atoms with Gasteiger partial charge in [-0.1, -0.05) is 110 Å². The van der Waals surface area contributed by atoms with Gasteiger partial charge in [0.2, 0.25) is 0 Å². The van der Waals surface area contributed by atoms with Gasteiger partial charge in [0.15, 0.2) is 0 Å². The van der Waals surface area contributed by atoms with Crippen molar-refractivity contribution in [3.8, 4) is 0 Å². The monoisotopic (exact) mass is 468 g/mol. The first-order valence-corrected chi connectivity index (χ1v) is 14.1. The summed E-state index contributed by atoms with van der Waals surface area (Å²) in [4.78, 5) is 31.5. The average Bonchev–Trinajstić information content (AvgIpc) is 2.78. The molecule has 0 aliphatic carbocycles. The molecular weight excluding hydrogens is 412 g/mol. The van der Waals surface area contributed by atoms with E-state index in [1.54, 1.807) is 7.05 Å². The second-order valence-corrected chi connectivity index (χ2v) is 10.0. The maximum Gasteiger partial charge on any atom is 0.332 e. The van der Waals surface area contributed by atoms with Crippen molar-refractivity contribution in [2.24, 2.45) is 0 Å². The van der Waals surface area contributed by atoms with Gasteiger partial charge in [-0.2, -0.15) is 5.06 Å². The number of hydroxylamine groups is 2. The zero-order valence-corrected chi connectivity index (χ0v) is 22.7. The summed E-state index contributed by atoms with van der Waals surface area (Å²) in [5.41, 5.74) is 0. The van der Waals surface area contributed by atoms with Gasteiger partial charge in [0.1, 0.15) is 0 Å². The van der Waals surface area contributed by atoms with Gasteiger partial charge in [-0.15, -0.1) is 0 Å². The number of carbonyl (C=O) groups is 2. The van der Waals surface area contributed by atoms with Crippen LogP contribution < -0.4 is 0 Å². The molecule has 0 aromatic rings. The summed E-state index contributed by atoms with van der Waals surface area (Å²) < 4.78 is 0. The number of rotatable bonds is 23. The minimum Gasteiger partial charge on any atom is -0.338 e. The summed E-state index contributed by atoms with van der Waals surface area (Å²) in [6, 6.07) is 0. The molecule has 0 aromatic carbocycles. The topological polar surface area (TPSA) is 49.9 Å². The van der Waals surface area contributed by atoms with Gasteiger partial charge in [-0.3, -0.25) is 4.79 Å². The summed E-state index contributed by atoms with van der Waals surface area (Å²) >= 11 is 0. The van der Waals surface area contributed by atoms with Crippen LogP contribution in [0.15, 0.2) is 0 Å². The van der Waals surface area contributed by atoms with E-state index in [4.69, 9.17) is 4.84 Å². The molecule has 0 saturated carbocycles. The van der Waals surface area contributed by atoms with Gasteiger partial charge in [0.05, 0.1) is 0 Å². The molecule has 0 saturated heterocycles. The van der Waals surface area contributed by atoms with Crippen molar-refractivity contribution >= 4 is 11.9 Å². The van der Waals surface area contributed by atoms with Crippen LogP contribution in [0.1, 0.15) is 142 Å². The van der Waals surface area contributed by atoms with E-state index in [2.05, 4.69) is 25.9 Å². The molecule has 0 bridgehead atoms. The Morgan fingerprint density at radius 1 is 0.545 bits per heavy atom. The van der Waals surface area contributed by atoms with Crippen LogP contribution in [0, 0.1) is 0 Å². The molecule has 33 heavy (non-hydrogen) atoms. The Balaban J connectivity index is 3.47. The van der Waals surface area contributed by atoms with Crippen molar-refractivity contribution in [1.29, 1.82) is 0 Å². The van der Waals surface area contributed by atoms with Crippen molar-refractivity contribution < 1.29 is 14.4 Å². The highest BCUT2D eigenvalue weighted by molar-refractivity contribution is 5.77. The SMILES string of the molecule is CCCCCCCCCCCC(=O)ON(C)C(=O)CCCCCCCCCCCCN(C)C. The zero-order valence-electron chi connectivity index (χ0n) is 22.7. The Labute approximate surface area is 206 Å². The average molecular weight is 469 g/mol. The maximum absolute atomic E-state index is 12.1. The molecule has 0 atom stereocenters. The van der Waals surface area contributed by atoms with E-state index >= 15 is 0 Å². The van der Waals surface area contributed by atoms with Crippen LogP contribution in [0.3, 0.4) is 0 Å². The molecular formula is C28H56N2O3. The lowest BCUT2D eigenvalue weighted by molar-refractivity contribution is -0.192. The lowest BCUT2D eigenvalue weighted by Crippen LogP contribution is -2.29. The van der Waals surface area contributed by atoms with Crippen molar-refractivity contribution in [3.05, 3.63) is 0 Å². The van der Waals surface area contributed by atoms with Crippen LogP contribution in [0.4, 0.5) is 0 Å². The van der Waals surface area contributed by atoms with Crippen molar-refractivity contribution in [2.45, 2.75) is 142 Å². The Morgan fingerprint density at radius 2 is 0.939 bits per heavy atom. The minimum atomic E-state index is -0.282. The third kappa shape index (κ3) is 23.8. The molecule has 0 fully saturated rings. The van der Waals surface area contributed by atoms with Crippen LogP contribution in [0.25, 0.3) is 0 Å². The fourth-order valence-corrected chi connectivity index (χ4v) is 4.11. The van der Waals surface area contributed by atoms with Gasteiger partial charge >= 0.3 is 5.97 Å². The van der Waals surface area contributed by atoms with Gasteiger partial charge < -0.3 is 9.74 Å². The third-order valence-electron chi connectivity index (χ3n) is 6.32. The molecule has 0 N–H and O–H groups in total. The number of hydrogen-bond donors (Lipinski definition) is 0. The van der Waals surface area contributed by atoms with Crippen molar-refractivity contribution in [3.63, 3.8) is 0 Å². The van der Waals surface area contributed by atoms with Crippen LogP contribution in [0.2, 0.25) is 0 Å². The first-order chi connectivity index (χ1) is 16.0. The van der Waals surface area contributed by atoms with E-state index in [1.165, 1.54) is 103 Å². The van der Waals surface area contributed by atoms with Gasteiger partial charge in [-0.05, 0) is 39.9 Å². The van der Waals surface area contributed by atoms with Crippen LogP contribution >= 0.6 is 0 Å². The second-order valence-electron chi connectivity index (χ2n) is 10.0. The molecule has 0 aromatic heterocycles. The molecule has 5 nitrogen and oxygen atoms in total. The molecule has 0 unspecified atom stereocenters. The molecule has 0 aliphatic heterocycles. The number of carbonyl (C=O) groups excluding carboxylic acids is 2. The van der Waals surface area contributed by atoms with Crippen LogP contribution in [-0.2, 0) is 14.4 Å². The summed E-state index contributed by atoms with van der Waals surface area (Å²) in [6.45, 7) is 3.44. The Morgan fingerprint density at radius 3 is 1.39 bits per heavy atom. The lowest BCUT2D eigenvalue weighted by Gasteiger charge is -2.16. The Kier molecular flexibility index (Phi) is 23.2. The number of amides is 1. The number of nitrogens with zero attached hydrogens (tertiary/aromatic N) is 2. The number of hydrogen-bond acceptors (Lipinski definition) is 4. The molecule has 196 valence electrons. The molecule has 0 aliphatic rings. The first kappa shape index (κ1) is 31.9. The summed E-state index contributed by atoms with van der Waals surface area (Å²) in [6.07, 6.45) is 24.3. The summed E-state index contributed by atoms with van der Waals surface area (Å²) in [5.74, 6) is -0.372. The molecule has 5 heteroatoms. The second kappa shape index (κ2) is 24.0. The van der Waals surface area contributed by atoms with Crippen molar-refractivity contribution in [1.82, 2.24) is 9.96 Å². The number of unbranched alkanes of at least 4 members (excludes halogenated alkanes) is 17. The fraction of sp³-hybridized carbons (Fsp3) is 0.929. The van der Waals surface area contributed by atoms with Gasteiger partial charge in [0.25, 0.3) is 5.91 Å². The molecule has 0 spiro atoms. The van der Waals surface area contributed by atoms with E-state index in [1.807, 2.05) is 0 Å². The minimum absolute atomic E-state index is 0.0897. The molecule has 0 radical (unpaired) electrons. The highest BCUT2D eigenvalue weighted by atomic mass is 16.7. The van der Waals surface area contributed by atoms with E-state index < -0.39 is 0 Å². The molecule has 0 rings (SSSR count). The predicted octanol–water partition coefficient (Wildman–Crippen LogP) is 7.68. The van der Waals surface area contributed by atoms with Gasteiger partial charge in [-0.25, -0.2) is 4.79 Å². The Hall–Kier alpha value is -1.10. The first-order valence-electron chi connectivity index (χ1n) is 14.1. The van der Waals surface area contributed by atoms with Crippen molar-refractivity contribution in [2.75, 3.05) is 27.7 Å². The molecule has 1 amide bonds. The maximum atomic E-state index is 12.1. The van der Waals surface area contributed by atoms with E-state index in [0.29, 0.717) is 12.8 Å². The quantitative estimate of drug-likeness (QED) is 0.114. The highest BCUT2D eigenvalue weighted by Crippen LogP contribution is 2.13. The predicted molar refractivity (Wildman–Crippen MR) is 140 cm³/mol. The smallest absolute Gasteiger partial charge is 0.332 e. The van der Waals surface area contributed by atoms with E-state index in [-0.39, 0.29) is 11.9 Å². The van der Waals surface area contributed by atoms with Gasteiger partial charge in [0, 0.05) is 19.9 Å². The van der Waals surface area contributed by atoms with Crippen LogP contribution in [0.5, 0.6) is 0 Å². The summed E-state index contributed by atoms with van der Waals surface area (Å²) in [5, 5.41) is 1.15. The van der Waals surface area contributed by atoms with E-state index in [9.17, 15) is 9.59 Å². The van der Waals surface area contributed by atoms with E-state index in [0.717, 1.165) is 30.7 Å². The van der Waals surface area contributed by atoms with Crippen LogP contribution in [-0.4, -0.2) is 49.5 Å². The standard InChI is InChI=1S/C28H56N2O3/c1-5-6-7-8-9-12-16-19-22-25-28(32)33-30(4)27(31)24-21-18-15-13-10-11-14-17-20-23-26-29(2)3/h5-26H2,1-4H3. The normalized spacial score (nSPS) is 11.2. The molecule has 0 heterocycles.